The predicted molar refractivity (Wildman–Crippen MR) is 67.9 cm³/mol. The summed E-state index contributed by atoms with van der Waals surface area (Å²) in [6, 6.07) is 4.98. The van der Waals surface area contributed by atoms with Gasteiger partial charge in [-0.2, -0.15) is 0 Å². The number of para-hydroxylation sites is 1. The van der Waals surface area contributed by atoms with E-state index in [1.54, 1.807) is 6.07 Å². The molecule has 1 aromatic carbocycles. The van der Waals surface area contributed by atoms with Crippen LogP contribution in [0.15, 0.2) is 24.3 Å². The second kappa shape index (κ2) is 7.14. The van der Waals surface area contributed by atoms with Crippen molar-refractivity contribution in [2.45, 2.75) is 38.7 Å². The van der Waals surface area contributed by atoms with Crippen molar-refractivity contribution in [2.24, 2.45) is 5.73 Å². The normalized spacial score (nSPS) is 12.8. The fourth-order valence-electron chi connectivity index (χ4n) is 1.63. The van der Waals surface area contributed by atoms with E-state index in [1.807, 2.05) is 6.92 Å². The number of carbonyl (C=O) groups excluding carboxylic acids is 1. The first-order valence-electron chi connectivity index (χ1n) is 6.20. The van der Waals surface area contributed by atoms with Gasteiger partial charge in [0.25, 0.3) is 0 Å². The zero-order valence-electron chi connectivity index (χ0n) is 11.0. The number of benzene rings is 1. The summed E-state index contributed by atoms with van der Waals surface area (Å²) in [4.78, 5) is 11.6. The molecule has 1 rings (SSSR count). The standard InChI is InChI=1S/C13H17F3N2O2/c1-2-5-10(17)12(19)18-8-9-6-3-4-7-11(9)20-13(14,15)16/h3-4,6-7,10H,2,5,8,17H2,1H3,(H,18,19)/t10-/m1/s1. The summed E-state index contributed by atoms with van der Waals surface area (Å²) in [5.74, 6) is -0.724. The molecule has 0 aliphatic rings. The average molecular weight is 290 g/mol. The molecule has 0 aromatic heterocycles. The van der Waals surface area contributed by atoms with Crippen molar-refractivity contribution in [1.29, 1.82) is 0 Å². The second-order valence-corrected chi connectivity index (χ2v) is 4.27. The number of hydrogen-bond acceptors (Lipinski definition) is 3. The summed E-state index contributed by atoms with van der Waals surface area (Å²) in [7, 11) is 0. The van der Waals surface area contributed by atoms with Crippen molar-refractivity contribution in [2.75, 3.05) is 0 Å². The van der Waals surface area contributed by atoms with Crippen LogP contribution in [0.3, 0.4) is 0 Å². The molecule has 0 aliphatic heterocycles. The molecule has 0 bridgehead atoms. The average Bonchev–Trinajstić information content (AvgIpc) is 2.35. The molecular weight excluding hydrogens is 273 g/mol. The summed E-state index contributed by atoms with van der Waals surface area (Å²) in [6.45, 7) is 1.82. The Kier molecular flexibility index (Phi) is 5.82. The highest BCUT2D eigenvalue weighted by Crippen LogP contribution is 2.26. The van der Waals surface area contributed by atoms with Crippen LogP contribution in [0.25, 0.3) is 0 Å². The Morgan fingerprint density at radius 3 is 2.65 bits per heavy atom. The van der Waals surface area contributed by atoms with E-state index < -0.39 is 18.3 Å². The lowest BCUT2D eigenvalue weighted by atomic mass is 10.1. The van der Waals surface area contributed by atoms with Crippen LogP contribution in [-0.4, -0.2) is 18.3 Å². The first-order chi connectivity index (χ1) is 9.33. The monoisotopic (exact) mass is 290 g/mol. The van der Waals surface area contributed by atoms with Crippen LogP contribution in [0, 0.1) is 0 Å². The fourth-order valence-corrected chi connectivity index (χ4v) is 1.63. The van der Waals surface area contributed by atoms with Gasteiger partial charge in [0.1, 0.15) is 5.75 Å². The molecule has 1 atom stereocenters. The van der Waals surface area contributed by atoms with Gasteiger partial charge in [-0.3, -0.25) is 4.79 Å². The van der Waals surface area contributed by atoms with Crippen molar-refractivity contribution in [3.8, 4) is 5.75 Å². The Hall–Kier alpha value is -1.76. The number of carbonyl (C=O) groups is 1. The quantitative estimate of drug-likeness (QED) is 0.845. The van der Waals surface area contributed by atoms with E-state index in [-0.39, 0.29) is 17.9 Å². The summed E-state index contributed by atoms with van der Waals surface area (Å²) >= 11 is 0. The topological polar surface area (TPSA) is 64.4 Å². The Morgan fingerprint density at radius 1 is 1.40 bits per heavy atom. The van der Waals surface area contributed by atoms with Gasteiger partial charge in [0, 0.05) is 12.1 Å². The Labute approximate surface area is 115 Å². The summed E-state index contributed by atoms with van der Waals surface area (Å²) in [6.07, 6.45) is -3.49. The summed E-state index contributed by atoms with van der Waals surface area (Å²) < 4.78 is 40.5. The van der Waals surface area contributed by atoms with Crippen molar-refractivity contribution in [1.82, 2.24) is 5.32 Å². The van der Waals surface area contributed by atoms with Crippen LogP contribution in [0.4, 0.5) is 13.2 Å². The first-order valence-corrected chi connectivity index (χ1v) is 6.20. The van der Waals surface area contributed by atoms with Crippen molar-refractivity contribution < 1.29 is 22.7 Å². The molecule has 1 aromatic rings. The van der Waals surface area contributed by atoms with Gasteiger partial charge in [0.05, 0.1) is 6.04 Å². The van der Waals surface area contributed by atoms with E-state index in [0.29, 0.717) is 6.42 Å². The highest BCUT2D eigenvalue weighted by Gasteiger charge is 2.32. The number of halogens is 3. The third kappa shape index (κ3) is 5.48. The highest BCUT2D eigenvalue weighted by molar-refractivity contribution is 5.81. The fraction of sp³-hybridized carbons (Fsp3) is 0.462. The minimum absolute atomic E-state index is 0.0670. The molecule has 0 aliphatic carbocycles. The molecule has 4 nitrogen and oxygen atoms in total. The molecule has 7 heteroatoms. The van der Waals surface area contributed by atoms with E-state index in [4.69, 9.17) is 5.73 Å². The Balaban J connectivity index is 2.66. The van der Waals surface area contributed by atoms with Gasteiger partial charge >= 0.3 is 6.36 Å². The van der Waals surface area contributed by atoms with Gasteiger partial charge in [-0.05, 0) is 12.5 Å². The molecular formula is C13H17F3N2O2. The Morgan fingerprint density at radius 2 is 2.05 bits per heavy atom. The SMILES string of the molecule is CCC[C@@H](N)C(=O)NCc1ccccc1OC(F)(F)F. The van der Waals surface area contributed by atoms with E-state index in [2.05, 4.69) is 10.1 Å². The van der Waals surface area contributed by atoms with E-state index >= 15 is 0 Å². The third-order valence-corrected chi connectivity index (χ3v) is 2.59. The van der Waals surface area contributed by atoms with Crippen LogP contribution < -0.4 is 15.8 Å². The van der Waals surface area contributed by atoms with E-state index in [1.165, 1.54) is 18.2 Å². The van der Waals surface area contributed by atoms with Crippen LogP contribution in [0.1, 0.15) is 25.3 Å². The van der Waals surface area contributed by atoms with Crippen LogP contribution in [0.2, 0.25) is 0 Å². The molecule has 0 heterocycles. The lowest BCUT2D eigenvalue weighted by molar-refractivity contribution is -0.274. The molecule has 20 heavy (non-hydrogen) atoms. The minimum Gasteiger partial charge on any atom is -0.405 e. The highest BCUT2D eigenvalue weighted by atomic mass is 19.4. The minimum atomic E-state index is -4.77. The van der Waals surface area contributed by atoms with Crippen LogP contribution >= 0.6 is 0 Å². The number of alkyl halides is 3. The van der Waals surface area contributed by atoms with Crippen molar-refractivity contribution >= 4 is 5.91 Å². The van der Waals surface area contributed by atoms with Crippen molar-refractivity contribution in [3.63, 3.8) is 0 Å². The zero-order chi connectivity index (χ0) is 15.2. The predicted octanol–water partition coefficient (Wildman–Crippen LogP) is 2.33. The molecule has 112 valence electrons. The Bertz CT molecular complexity index is 449. The number of ether oxygens (including phenoxy) is 1. The largest absolute Gasteiger partial charge is 0.573 e. The molecule has 0 saturated heterocycles. The summed E-state index contributed by atoms with van der Waals surface area (Å²) in [5.41, 5.74) is 5.85. The molecule has 1 amide bonds. The first kappa shape index (κ1) is 16.3. The molecule has 3 N–H and O–H groups in total. The number of hydrogen-bond donors (Lipinski definition) is 2. The van der Waals surface area contributed by atoms with Gasteiger partial charge in [-0.25, -0.2) is 0 Å². The maximum atomic E-state index is 12.2. The van der Waals surface area contributed by atoms with Gasteiger partial charge in [0.15, 0.2) is 0 Å². The third-order valence-electron chi connectivity index (χ3n) is 2.59. The maximum absolute atomic E-state index is 12.2. The molecule has 0 unspecified atom stereocenters. The van der Waals surface area contributed by atoms with Gasteiger partial charge in [-0.15, -0.1) is 13.2 Å². The smallest absolute Gasteiger partial charge is 0.405 e. The number of nitrogens with two attached hydrogens (primary N) is 1. The van der Waals surface area contributed by atoms with E-state index in [0.717, 1.165) is 6.42 Å². The van der Waals surface area contributed by atoms with Gasteiger partial charge in [0.2, 0.25) is 5.91 Å². The number of nitrogens with one attached hydrogen (secondary N) is 1. The number of amides is 1. The summed E-state index contributed by atoms with van der Waals surface area (Å²) in [5, 5.41) is 2.50. The van der Waals surface area contributed by atoms with Crippen LogP contribution in [-0.2, 0) is 11.3 Å². The lowest BCUT2D eigenvalue weighted by Gasteiger charge is -2.15. The number of rotatable bonds is 6. The van der Waals surface area contributed by atoms with Crippen LogP contribution in [0.5, 0.6) is 5.75 Å². The maximum Gasteiger partial charge on any atom is 0.573 e. The van der Waals surface area contributed by atoms with Gasteiger partial charge in [-0.1, -0.05) is 31.5 Å². The molecule has 0 saturated carbocycles. The zero-order valence-corrected chi connectivity index (χ0v) is 11.0. The van der Waals surface area contributed by atoms with Gasteiger partial charge < -0.3 is 15.8 Å². The lowest BCUT2D eigenvalue weighted by Crippen LogP contribution is -2.40. The van der Waals surface area contributed by atoms with E-state index in [9.17, 15) is 18.0 Å². The second-order valence-electron chi connectivity index (χ2n) is 4.27. The van der Waals surface area contributed by atoms with Crippen molar-refractivity contribution in [3.05, 3.63) is 29.8 Å². The molecule has 0 radical (unpaired) electrons. The molecule has 0 fully saturated rings. The molecule has 0 spiro atoms.